The van der Waals surface area contributed by atoms with E-state index in [0.717, 1.165) is 27.9 Å². The van der Waals surface area contributed by atoms with Gasteiger partial charge in [-0.15, -0.1) is 11.8 Å². The van der Waals surface area contributed by atoms with Gasteiger partial charge >= 0.3 is 0 Å². The van der Waals surface area contributed by atoms with Gasteiger partial charge in [-0.1, -0.05) is 164 Å². The Morgan fingerprint density at radius 1 is 0.429 bits per heavy atom. The lowest BCUT2D eigenvalue weighted by Gasteiger charge is -2.18. The molecule has 0 amide bonds. The number of para-hydroxylation sites is 1. The summed E-state index contributed by atoms with van der Waals surface area (Å²) in [5.41, 5.74) is 12.5. The zero-order valence-electron chi connectivity index (χ0n) is 30.3. The van der Waals surface area contributed by atoms with Crippen molar-refractivity contribution in [3.63, 3.8) is 0 Å². The maximum atomic E-state index is 5.08. The van der Waals surface area contributed by atoms with Crippen LogP contribution >= 0.6 is 11.8 Å². The fourth-order valence-corrected chi connectivity index (χ4v) is 9.76. The molecule has 2 atom stereocenters. The zero-order valence-corrected chi connectivity index (χ0v) is 31.1. The van der Waals surface area contributed by atoms with Gasteiger partial charge in [0.15, 0.2) is 17.5 Å². The maximum absolute atomic E-state index is 5.08. The number of allylic oxidation sites excluding steroid dienone is 3. The quantitative estimate of drug-likeness (QED) is 0.171. The van der Waals surface area contributed by atoms with Crippen molar-refractivity contribution in [2.24, 2.45) is 0 Å². The van der Waals surface area contributed by atoms with Gasteiger partial charge < -0.3 is 4.57 Å². The first-order valence-electron chi connectivity index (χ1n) is 19.0. The van der Waals surface area contributed by atoms with E-state index in [-0.39, 0.29) is 0 Å². The number of fused-ring (bicyclic) bond motifs is 6. The Kier molecular flexibility index (Phi) is 7.85. The lowest BCUT2D eigenvalue weighted by Crippen LogP contribution is -2.07. The number of rotatable bonds is 6. The largest absolute Gasteiger partial charge is 0.309 e. The molecule has 2 aromatic heterocycles. The molecule has 0 saturated carbocycles. The van der Waals surface area contributed by atoms with Crippen LogP contribution in [0.15, 0.2) is 199 Å². The molecule has 1 aliphatic carbocycles. The van der Waals surface area contributed by atoms with Gasteiger partial charge in [0.05, 0.1) is 11.0 Å². The monoisotopic (exact) mass is 734 g/mol. The van der Waals surface area contributed by atoms with Gasteiger partial charge in [-0.05, 0) is 58.1 Å². The summed E-state index contributed by atoms with van der Waals surface area (Å²) < 4.78 is 2.47. The van der Waals surface area contributed by atoms with Gasteiger partial charge in [-0.25, -0.2) is 15.0 Å². The number of aromatic nitrogens is 4. The van der Waals surface area contributed by atoms with Gasteiger partial charge in [0.2, 0.25) is 0 Å². The molecule has 0 radical (unpaired) electrons. The second-order valence-electron chi connectivity index (χ2n) is 14.4. The van der Waals surface area contributed by atoms with E-state index in [4.69, 9.17) is 15.0 Å². The van der Waals surface area contributed by atoms with Gasteiger partial charge in [-0.3, -0.25) is 0 Å². The topological polar surface area (TPSA) is 43.6 Å². The summed E-state index contributed by atoms with van der Waals surface area (Å²) in [6.45, 7) is 0. The summed E-state index contributed by atoms with van der Waals surface area (Å²) in [7, 11) is 0. The minimum absolute atomic E-state index is 0.292. The summed E-state index contributed by atoms with van der Waals surface area (Å²) >= 11 is 1.97. The molecule has 4 nitrogen and oxygen atoms in total. The minimum atomic E-state index is 0.292. The van der Waals surface area contributed by atoms with Crippen LogP contribution in [0, 0.1) is 0 Å². The van der Waals surface area contributed by atoms with E-state index in [9.17, 15) is 0 Å². The highest BCUT2D eigenvalue weighted by Gasteiger charge is 2.34. The van der Waals surface area contributed by atoms with Crippen LogP contribution < -0.4 is 0 Å². The van der Waals surface area contributed by atoms with Crippen LogP contribution in [0.25, 0.3) is 83.9 Å². The lowest BCUT2D eigenvalue weighted by atomic mass is 9.89. The first-order chi connectivity index (χ1) is 27.7. The summed E-state index contributed by atoms with van der Waals surface area (Å²) in [5, 5.41) is 2.84. The SMILES string of the molecule is C1=CC2Sc3c(-c4cccc(-c5nc(-c6ccccc6)nc(-c6ccccc6)n5)c4)cc(-n4c5ccccc5c5ccc(-c6ccccc6)cc54)cc3C2C=C1. The van der Waals surface area contributed by atoms with E-state index in [2.05, 4.69) is 162 Å². The van der Waals surface area contributed by atoms with Gasteiger partial charge in [0.1, 0.15) is 0 Å². The van der Waals surface area contributed by atoms with Crippen LogP contribution in [0.3, 0.4) is 0 Å². The number of hydrogen-bond donors (Lipinski definition) is 0. The molecule has 1 aliphatic heterocycles. The molecule has 2 aliphatic rings. The summed E-state index contributed by atoms with van der Waals surface area (Å²) in [4.78, 5) is 16.4. The smallest absolute Gasteiger partial charge is 0.164 e. The first kappa shape index (κ1) is 32.6. The van der Waals surface area contributed by atoms with E-state index in [1.165, 1.54) is 49.0 Å². The fourth-order valence-electron chi connectivity index (χ4n) is 8.30. The molecule has 0 N–H and O–H groups in total. The van der Waals surface area contributed by atoms with Crippen molar-refractivity contribution in [1.82, 2.24) is 19.5 Å². The van der Waals surface area contributed by atoms with E-state index < -0.39 is 0 Å². The van der Waals surface area contributed by atoms with Crippen molar-refractivity contribution in [3.8, 4) is 62.1 Å². The predicted octanol–water partition coefficient (Wildman–Crippen LogP) is 13.0. The maximum Gasteiger partial charge on any atom is 0.164 e. The molecule has 0 spiro atoms. The van der Waals surface area contributed by atoms with E-state index >= 15 is 0 Å². The fraction of sp³-hybridized carbons (Fsp3) is 0.0392. The Labute approximate surface area is 329 Å². The standard InChI is InChI=1S/C51H34N4S/c1-4-15-33(16-5-1)36-27-28-41-40-23-10-12-25-45(40)55(46(41)30-36)39-31-43(48-44(32-39)42-24-11-13-26-47(42)56-48)37-21-14-22-38(29-37)51-53-49(34-17-6-2-7-18-34)52-50(54-51)35-19-8-3-9-20-35/h1-32,42,47H. The van der Waals surface area contributed by atoms with Crippen LogP contribution in [0.2, 0.25) is 0 Å². The summed E-state index contributed by atoms with van der Waals surface area (Å²) in [6.07, 6.45) is 9.11. The van der Waals surface area contributed by atoms with Crippen molar-refractivity contribution in [2.45, 2.75) is 16.1 Å². The Hall–Kier alpha value is -6.82. The molecule has 2 unspecified atom stereocenters. The third kappa shape index (κ3) is 5.59. The molecule has 5 heteroatoms. The third-order valence-electron chi connectivity index (χ3n) is 11.0. The van der Waals surface area contributed by atoms with Gasteiger partial charge in [0, 0.05) is 49.2 Å². The van der Waals surface area contributed by atoms with E-state index in [0.29, 0.717) is 28.6 Å². The molecule has 7 aromatic carbocycles. The summed E-state index contributed by atoms with van der Waals surface area (Å²) in [6, 6.07) is 60.3. The minimum Gasteiger partial charge on any atom is -0.309 e. The van der Waals surface area contributed by atoms with Crippen molar-refractivity contribution in [2.75, 3.05) is 0 Å². The van der Waals surface area contributed by atoms with Crippen LogP contribution in [-0.2, 0) is 0 Å². The molecule has 264 valence electrons. The molecule has 11 rings (SSSR count). The molecule has 0 bridgehead atoms. The van der Waals surface area contributed by atoms with Crippen molar-refractivity contribution in [1.29, 1.82) is 0 Å². The molecular formula is C51H34N4S. The van der Waals surface area contributed by atoms with Crippen molar-refractivity contribution in [3.05, 3.63) is 200 Å². The molecular weight excluding hydrogens is 701 g/mol. The summed E-state index contributed by atoms with van der Waals surface area (Å²) in [5.74, 6) is 2.25. The molecule has 56 heavy (non-hydrogen) atoms. The molecule has 0 saturated heterocycles. The van der Waals surface area contributed by atoms with Crippen LogP contribution in [0.1, 0.15) is 11.5 Å². The van der Waals surface area contributed by atoms with Crippen molar-refractivity contribution < 1.29 is 0 Å². The van der Waals surface area contributed by atoms with Gasteiger partial charge in [-0.2, -0.15) is 0 Å². The highest BCUT2D eigenvalue weighted by molar-refractivity contribution is 8.00. The second-order valence-corrected chi connectivity index (χ2v) is 15.5. The van der Waals surface area contributed by atoms with Crippen LogP contribution in [0.5, 0.6) is 0 Å². The van der Waals surface area contributed by atoms with E-state index in [1.807, 2.05) is 48.2 Å². The predicted molar refractivity (Wildman–Crippen MR) is 232 cm³/mol. The highest BCUT2D eigenvalue weighted by atomic mass is 32.2. The number of benzene rings is 7. The average Bonchev–Trinajstić information content (AvgIpc) is 3.82. The number of nitrogens with zero attached hydrogens (tertiary/aromatic N) is 4. The zero-order chi connectivity index (χ0) is 37.0. The third-order valence-corrected chi connectivity index (χ3v) is 12.4. The second kappa shape index (κ2) is 13.5. The molecule has 9 aromatic rings. The highest BCUT2D eigenvalue weighted by Crippen LogP contribution is 2.53. The molecule has 0 fully saturated rings. The Morgan fingerprint density at radius 2 is 1.02 bits per heavy atom. The number of thioether (sulfide) groups is 1. The lowest BCUT2D eigenvalue weighted by molar-refractivity contribution is 0.879. The van der Waals surface area contributed by atoms with Crippen LogP contribution in [0.4, 0.5) is 0 Å². The average molecular weight is 735 g/mol. The van der Waals surface area contributed by atoms with Crippen molar-refractivity contribution >= 4 is 33.6 Å². The Bertz CT molecular complexity index is 2950. The Balaban J connectivity index is 1.12. The van der Waals surface area contributed by atoms with E-state index in [1.54, 1.807) is 0 Å². The van der Waals surface area contributed by atoms with Gasteiger partial charge in [0.25, 0.3) is 0 Å². The number of hydrogen-bond acceptors (Lipinski definition) is 4. The Morgan fingerprint density at radius 3 is 1.75 bits per heavy atom. The first-order valence-corrected chi connectivity index (χ1v) is 19.9. The molecule has 3 heterocycles. The van der Waals surface area contributed by atoms with Crippen LogP contribution in [-0.4, -0.2) is 24.8 Å². The normalized spacial score (nSPS) is 15.6.